The zero-order valence-corrected chi connectivity index (χ0v) is 15.6. The normalized spacial score (nSPS) is 52.7. The minimum atomic E-state index is -0.156. The van der Waals surface area contributed by atoms with Gasteiger partial charge in [-0.2, -0.15) is 0 Å². The van der Waals surface area contributed by atoms with Crippen LogP contribution in [-0.4, -0.2) is 22.4 Å². The van der Waals surface area contributed by atoms with Crippen molar-refractivity contribution in [3.63, 3.8) is 0 Å². The summed E-state index contributed by atoms with van der Waals surface area (Å²) in [6, 6.07) is 0. The molecule has 23 heavy (non-hydrogen) atoms. The van der Waals surface area contributed by atoms with E-state index in [1.807, 2.05) is 0 Å². The molecule has 0 heterocycles. The molecule has 0 aliphatic heterocycles. The Morgan fingerprint density at radius 3 is 2.74 bits per heavy atom. The van der Waals surface area contributed by atoms with Gasteiger partial charge in [-0.25, -0.2) is 0 Å². The quantitative estimate of drug-likeness (QED) is 0.654. The zero-order chi connectivity index (χ0) is 16.2. The van der Waals surface area contributed by atoms with Crippen molar-refractivity contribution in [2.45, 2.75) is 70.5 Å². The van der Waals surface area contributed by atoms with Crippen LogP contribution in [0.5, 0.6) is 0 Å². The van der Waals surface area contributed by atoms with Crippen LogP contribution in [0.4, 0.5) is 0 Å². The third-order valence-corrected chi connectivity index (χ3v) is 8.25. The average Bonchev–Trinajstić information content (AvgIpc) is 2.84. The van der Waals surface area contributed by atoms with E-state index in [9.17, 15) is 10.2 Å². The number of fused-ring (bicyclic) bond motifs is 5. The average molecular weight is 381 g/mol. The summed E-state index contributed by atoms with van der Waals surface area (Å²) in [7, 11) is 0. The highest BCUT2D eigenvalue weighted by atomic mass is 79.9. The number of aliphatic hydroxyl groups excluding tert-OH is 2. The minimum Gasteiger partial charge on any atom is -0.393 e. The van der Waals surface area contributed by atoms with Gasteiger partial charge in [-0.15, -0.1) is 0 Å². The first-order valence-corrected chi connectivity index (χ1v) is 10.3. The lowest BCUT2D eigenvalue weighted by atomic mass is 9.47. The fourth-order valence-corrected chi connectivity index (χ4v) is 7.21. The molecular weight excluding hydrogens is 352 g/mol. The van der Waals surface area contributed by atoms with Crippen LogP contribution < -0.4 is 0 Å². The van der Waals surface area contributed by atoms with Gasteiger partial charge < -0.3 is 10.2 Å². The Kier molecular flexibility index (Phi) is 4.06. The van der Waals surface area contributed by atoms with Gasteiger partial charge in [0.1, 0.15) is 0 Å². The molecule has 0 bridgehead atoms. The number of hydrogen-bond donors (Lipinski definition) is 2. The highest BCUT2D eigenvalue weighted by Crippen LogP contribution is 2.65. The maximum absolute atomic E-state index is 10.5. The van der Waals surface area contributed by atoms with E-state index >= 15 is 0 Å². The minimum absolute atomic E-state index is 0.102. The molecule has 0 spiro atoms. The highest BCUT2D eigenvalue weighted by molar-refractivity contribution is 9.11. The SMILES string of the molecule is C[C@]12CCC3C(CC=C4C[C@@H](O)CC[C@@]43/C=C\Br)C1CC[C@@H]2O. The topological polar surface area (TPSA) is 40.5 Å². The summed E-state index contributed by atoms with van der Waals surface area (Å²) in [5.41, 5.74) is 1.77. The van der Waals surface area contributed by atoms with E-state index in [1.165, 1.54) is 18.4 Å². The molecule has 0 radical (unpaired) electrons. The molecule has 0 aromatic heterocycles. The van der Waals surface area contributed by atoms with Crippen LogP contribution in [0.3, 0.4) is 0 Å². The van der Waals surface area contributed by atoms with E-state index in [2.05, 4.69) is 40.0 Å². The number of aliphatic hydroxyl groups is 2. The van der Waals surface area contributed by atoms with E-state index in [-0.39, 0.29) is 23.0 Å². The number of hydrogen-bond acceptors (Lipinski definition) is 2. The zero-order valence-electron chi connectivity index (χ0n) is 14.0. The first kappa shape index (κ1) is 16.4. The molecule has 2 N–H and O–H groups in total. The predicted octanol–water partition coefficient (Wildman–Crippen LogP) is 4.56. The van der Waals surface area contributed by atoms with Crippen LogP contribution in [0, 0.1) is 28.6 Å². The Balaban J connectivity index is 1.73. The second-order valence-electron chi connectivity index (χ2n) is 8.71. The van der Waals surface area contributed by atoms with Gasteiger partial charge in [0, 0.05) is 5.41 Å². The highest BCUT2D eigenvalue weighted by Gasteiger charge is 2.58. The van der Waals surface area contributed by atoms with Crippen LogP contribution in [0.15, 0.2) is 22.7 Å². The van der Waals surface area contributed by atoms with E-state index in [0.717, 1.165) is 38.5 Å². The summed E-state index contributed by atoms with van der Waals surface area (Å²) in [5.74, 6) is 2.06. The van der Waals surface area contributed by atoms with Crippen molar-refractivity contribution in [1.29, 1.82) is 0 Å². The lowest BCUT2D eigenvalue weighted by Crippen LogP contribution is -2.51. The van der Waals surface area contributed by atoms with Gasteiger partial charge in [0.15, 0.2) is 0 Å². The molecule has 3 fully saturated rings. The summed E-state index contributed by atoms with van der Waals surface area (Å²) in [5, 5.41) is 20.7. The fraction of sp³-hybridized carbons (Fsp3) is 0.800. The second kappa shape index (κ2) is 5.71. The summed E-state index contributed by atoms with van der Waals surface area (Å²) in [4.78, 5) is 2.05. The van der Waals surface area contributed by atoms with Crippen molar-refractivity contribution in [3.8, 4) is 0 Å². The maximum atomic E-state index is 10.5. The smallest absolute Gasteiger partial charge is 0.0596 e. The van der Waals surface area contributed by atoms with Crippen molar-refractivity contribution in [1.82, 2.24) is 0 Å². The van der Waals surface area contributed by atoms with Crippen molar-refractivity contribution in [3.05, 3.63) is 22.7 Å². The Hall–Kier alpha value is -0.120. The summed E-state index contributed by atoms with van der Waals surface area (Å²) in [6.07, 6.45) is 13.1. The molecule has 7 atom stereocenters. The van der Waals surface area contributed by atoms with E-state index in [1.54, 1.807) is 0 Å². The maximum Gasteiger partial charge on any atom is 0.0596 e. The van der Waals surface area contributed by atoms with Gasteiger partial charge in [-0.1, -0.05) is 40.6 Å². The van der Waals surface area contributed by atoms with Gasteiger partial charge in [-0.05, 0) is 79.5 Å². The fourth-order valence-electron chi connectivity index (χ4n) is 6.74. The molecule has 3 heteroatoms. The molecule has 0 aromatic rings. The standard InChI is InChI=1S/C20H29BrO2/c1-19-8-7-17-15(16(19)4-5-18(19)23)3-2-13-12-14(22)6-9-20(13,17)10-11-21/h2,10-11,14-18,22-23H,3-9,12H2,1H3/b11-10-/t14-,15?,16?,17?,18-,19-,20+/m0/s1. The van der Waals surface area contributed by atoms with Gasteiger partial charge >= 0.3 is 0 Å². The monoisotopic (exact) mass is 380 g/mol. The van der Waals surface area contributed by atoms with Gasteiger partial charge in [0.25, 0.3) is 0 Å². The van der Waals surface area contributed by atoms with Crippen LogP contribution >= 0.6 is 15.9 Å². The summed E-state index contributed by atoms with van der Waals surface area (Å²) >= 11 is 3.54. The van der Waals surface area contributed by atoms with Crippen LogP contribution in [0.1, 0.15) is 58.3 Å². The third-order valence-electron chi connectivity index (χ3n) is 7.99. The molecule has 4 rings (SSSR count). The van der Waals surface area contributed by atoms with Crippen LogP contribution in [0.2, 0.25) is 0 Å². The Morgan fingerprint density at radius 1 is 1.13 bits per heavy atom. The third kappa shape index (κ3) is 2.26. The largest absolute Gasteiger partial charge is 0.393 e. The predicted molar refractivity (Wildman–Crippen MR) is 96.1 cm³/mol. The summed E-state index contributed by atoms with van der Waals surface area (Å²) < 4.78 is 0. The first-order valence-electron chi connectivity index (χ1n) is 9.35. The van der Waals surface area contributed by atoms with E-state index in [0.29, 0.717) is 17.8 Å². The molecule has 4 aliphatic carbocycles. The molecule has 0 aromatic carbocycles. The molecule has 4 aliphatic rings. The Bertz CT molecular complexity index is 542. The van der Waals surface area contributed by atoms with E-state index < -0.39 is 0 Å². The Labute approximate surface area is 148 Å². The molecule has 2 nitrogen and oxygen atoms in total. The molecule has 0 amide bonds. The molecule has 128 valence electrons. The van der Waals surface area contributed by atoms with Gasteiger partial charge in [0.05, 0.1) is 12.2 Å². The van der Waals surface area contributed by atoms with Crippen molar-refractivity contribution < 1.29 is 10.2 Å². The molecule has 3 saturated carbocycles. The molecule has 3 unspecified atom stereocenters. The lowest BCUT2D eigenvalue weighted by molar-refractivity contribution is -0.0642. The number of rotatable bonds is 1. The van der Waals surface area contributed by atoms with Crippen LogP contribution in [-0.2, 0) is 0 Å². The van der Waals surface area contributed by atoms with Crippen molar-refractivity contribution >= 4 is 15.9 Å². The number of halogens is 1. The Morgan fingerprint density at radius 2 is 1.96 bits per heavy atom. The van der Waals surface area contributed by atoms with Crippen LogP contribution in [0.25, 0.3) is 0 Å². The van der Waals surface area contributed by atoms with Gasteiger partial charge in [0.2, 0.25) is 0 Å². The second-order valence-corrected chi connectivity index (χ2v) is 9.24. The van der Waals surface area contributed by atoms with Crippen molar-refractivity contribution in [2.75, 3.05) is 0 Å². The molecular formula is C20H29BrO2. The first-order chi connectivity index (χ1) is 11.0. The number of allylic oxidation sites excluding steroid dienone is 2. The van der Waals surface area contributed by atoms with Gasteiger partial charge in [-0.3, -0.25) is 0 Å². The lowest BCUT2D eigenvalue weighted by Gasteiger charge is -2.57. The van der Waals surface area contributed by atoms with E-state index in [4.69, 9.17) is 0 Å². The van der Waals surface area contributed by atoms with Crippen molar-refractivity contribution in [2.24, 2.45) is 28.6 Å². The molecule has 0 saturated heterocycles. The summed E-state index contributed by atoms with van der Waals surface area (Å²) in [6.45, 7) is 2.34.